The third-order valence-corrected chi connectivity index (χ3v) is 4.95. The van der Waals surface area contributed by atoms with Crippen LogP contribution in [-0.4, -0.2) is 44.7 Å². The van der Waals surface area contributed by atoms with Crippen molar-refractivity contribution in [3.63, 3.8) is 0 Å². The summed E-state index contributed by atoms with van der Waals surface area (Å²) in [6.07, 6.45) is 3.21. The lowest BCUT2D eigenvalue weighted by Gasteiger charge is -2.11. The van der Waals surface area contributed by atoms with Crippen LogP contribution in [0.5, 0.6) is 0 Å². The predicted octanol–water partition coefficient (Wildman–Crippen LogP) is 1.27. The molecule has 3 aromatic rings. The summed E-state index contributed by atoms with van der Waals surface area (Å²) < 4.78 is 0. The van der Waals surface area contributed by atoms with Crippen molar-refractivity contribution in [1.82, 2.24) is 30.8 Å². The van der Waals surface area contributed by atoms with Crippen LogP contribution in [0.2, 0.25) is 0 Å². The monoisotopic (exact) mass is 369 g/mol. The van der Waals surface area contributed by atoms with E-state index < -0.39 is 6.04 Å². The highest BCUT2D eigenvalue weighted by atomic mass is 32.2. The number of rotatable bonds is 5. The molecule has 9 nitrogen and oxygen atoms in total. The van der Waals surface area contributed by atoms with E-state index in [1.165, 1.54) is 6.33 Å². The number of carbonyl (C=O) groups excluding carboxylic acids is 2. The molecule has 10 heteroatoms. The van der Waals surface area contributed by atoms with E-state index >= 15 is 0 Å². The van der Waals surface area contributed by atoms with E-state index in [0.717, 1.165) is 16.0 Å². The second kappa shape index (κ2) is 7.00. The molecule has 0 spiro atoms. The van der Waals surface area contributed by atoms with Gasteiger partial charge >= 0.3 is 6.03 Å². The summed E-state index contributed by atoms with van der Waals surface area (Å²) >= 11 is 1.57. The third-order valence-electron chi connectivity index (χ3n) is 3.87. The van der Waals surface area contributed by atoms with Crippen LogP contribution < -0.4 is 16.0 Å². The number of urea groups is 1. The molecule has 26 heavy (non-hydrogen) atoms. The maximum atomic E-state index is 12.2. The number of aromatic nitrogens is 4. The Hall–Kier alpha value is -3.14. The van der Waals surface area contributed by atoms with Crippen molar-refractivity contribution in [3.8, 4) is 0 Å². The average molecular weight is 369 g/mol. The van der Waals surface area contributed by atoms with Gasteiger partial charge in [-0.05, 0) is 17.7 Å². The van der Waals surface area contributed by atoms with E-state index in [1.54, 1.807) is 18.0 Å². The minimum absolute atomic E-state index is 0.246. The number of nitrogens with zero attached hydrogens (tertiary/aromatic N) is 3. The number of nitrogens with one attached hydrogen (secondary N) is 4. The number of anilines is 1. The number of hydrogen-bond acceptors (Lipinski definition) is 6. The molecule has 4 N–H and O–H groups in total. The molecule has 2 aromatic heterocycles. The fourth-order valence-electron chi connectivity index (χ4n) is 2.59. The van der Waals surface area contributed by atoms with Crippen molar-refractivity contribution in [2.24, 2.45) is 0 Å². The number of carbonyl (C=O) groups is 2. The molecule has 4 rings (SSSR count). The van der Waals surface area contributed by atoms with Gasteiger partial charge in [-0.15, -0.1) is 11.8 Å². The molecule has 1 saturated heterocycles. The van der Waals surface area contributed by atoms with Gasteiger partial charge in [0.05, 0.1) is 11.6 Å². The number of benzene rings is 1. The van der Waals surface area contributed by atoms with Gasteiger partial charge in [-0.2, -0.15) is 5.10 Å². The maximum absolute atomic E-state index is 12.2. The molecule has 3 heterocycles. The van der Waals surface area contributed by atoms with Gasteiger partial charge in [0.15, 0.2) is 5.65 Å². The van der Waals surface area contributed by atoms with Gasteiger partial charge in [0.25, 0.3) is 0 Å². The molecule has 1 aromatic carbocycles. The minimum Gasteiger partial charge on any atom is -0.336 e. The van der Waals surface area contributed by atoms with Gasteiger partial charge in [0.2, 0.25) is 5.91 Å². The van der Waals surface area contributed by atoms with Crippen molar-refractivity contribution < 1.29 is 9.59 Å². The molecule has 1 aliphatic rings. The van der Waals surface area contributed by atoms with Gasteiger partial charge < -0.3 is 16.0 Å². The van der Waals surface area contributed by atoms with E-state index in [9.17, 15) is 9.59 Å². The Kier molecular flexibility index (Phi) is 4.40. The number of thioether (sulfide) groups is 1. The van der Waals surface area contributed by atoms with Crippen LogP contribution in [0.3, 0.4) is 0 Å². The fraction of sp³-hybridized carbons (Fsp3) is 0.188. The summed E-state index contributed by atoms with van der Waals surface area (Å²) in [5.41, 5.74) is 2.43. The summed E-state index contributed by atoms with van der Waals surface area (Å²) in [5.74, 6) is 0.437. The summed E-state index contributed by atoms with van der Waals surface area (Å²) in [7, 11) is 0. The smallest absolute Gasteiger partial charge is 0.315 e. The second-order valence-corrected chi connectivity index (χ2v) is 6.66. The van der Waals surface area contributed by atoms with Crippen LogP contribution in [0, 0.1) is 0 Å². The van der Waals surface area contributed by atoms with Gasteiger partial charge in [-0.1, -0.05) is 12.1 Å². The van der Waals surface area contributed by atoms with Crippen molar-refractivity contribution in [2.45, 2.75) is 16.8 Å². The average Bonchev–Trinajstić information content (AvgIpc) is 3.29. The van der Waals surface area contributed by atoms with Crippen molar-refractivity contribution in [1.29, 1.82) is 0 Å². The Labute approximate surface area is 152 Å². The minimum atomic E-state index is -0.559. The van der Waals surface area contributed by atoms with Crippen molar-refractivity contribution in [3.05, 3.63) is 42.4 Å². The van der Waals surface area contributed by atoms with E-state index in [0.29, 0.717) is 17.1 Å². The Balaban J connectivity index is 1.42. The third kappa shape index (κ3) is 3.45. The van der Waals surface area contributed by atoms with Gasteiger partial charge in [-0.3, -0.25) is 9.89 Å². The van der Waals surface area contributed by atoms with Crippen LogP contribution in [-0.2, 0) is 10.5 Å². The van der Waals surface area contributed by atoms with Crippen molar-refractivity contribution >= 4 is 40.4 Å². The molecule has 0 bridgehead atoms. The van der Waals surface area contributed by atoms with Gasteiger partial charge in [0, 0.05) is 18.0 Å². The lowest BCUT2D eigenvalue weighted by molar-refractivity contribution is -0.117. The number of amides is 3. The van der Waals surface area contributed by atoms with Crippen LogP contribution >= 0.6 is 11.8 Å². The van der Waals surface area contributed by atoms with Crippen LogP contribution in [0.25, 0.3) is 11.0 Å². The zero-order chi connectivity index (χ0) is 17.9. The van der Waals surface area contributed by atoms with Crippen LogP contribution in [0.15, 0.2) is 41.8 Å². The first-order valence-corrected chi connectivity index (χ1v) is 8.88. The first kappa shape index (κ1) is 16.3. The topological polar surface area (TPSA) is 125 Å². The normalized spacial score (nSPS) is 16.3. The first-order chi connectivity index (χ1) is 12.7. The SMILES string of the molecule is O=C1NCC(C(=O)Nc2cccc(CSc3ncnc4[nH]ncc34)c2)N1. The molecule has 132 valence electrons. The Morgan fingerprint density at radius 1 is 1.35 bits per heavy atom. The quantitative estimate of drug-likeness (QED) is 0.396. The molecule has 0 radical (unpaired) electrons. The maximum Gasteiger partial charge on any atom is 0.315 e. The number of fused-ring (bicyclic) bond motifs is 1. The molecule has 0 aliphatic carbocycles. The highest BCUT2D eigenvalue weighted by molar-refractivity contribution is 7.98. The van der Waals surface area contributed by atoms with E-state index in [4.69, 9.17) is 0 Å². The molecule has 1 unspecified atom stereocenters. The molecule has 3 amide bonds. The zero-order valence-corrected chi connectivity index (χ0v) is 14.3. The largest absolute Gasteiger partial charge is 0.336 e. The van der Waals surface area contributed by atoms with Gasteiger partial charge in [0.1, 0.15) is 17.4 Å². The zero-order valence-electron chi connectivity index (χ0n) is 13.5. The number of H-pyrrole nitrogens is 1. The Bertz CT molecular complexity index is 974. The molecule has 1 fully saturated rings. The molecular weight excluding hydrogens is 354 g/mol. The highest BCUT2D eigenvalue weighted by Gasteiger charge is 2.26. The standard InChI is InChI=1S/C16H15N7O2S/c24-14(12-6-17-16(25)22-12)21-10-3-1-2-9(4-10)7-26-15-11-5-20-23-13(11)18-8-19-15/h1-5,8,12H,6-7H2,(H,21,24)(H2,17,22,25)(H,18,19,20,23). The molecule has 0 saturated carbocycles. The fourth-order valence-corrected chi connectivity index (χ4v) is 3.50. The van der Waals surface area contributed by atoms with Crippen LogP contribution in [0.4, 0.5) is 10.5 Å². The Morgan fingerprint density at radius 2 is 2.27 bits per heavy atom. The number of hydrogen-bond donors (Lipinski definition) is 4. The molecule has 1 atom stereocenters. The first-order valence-electron chi connectivity index (χ1n) is 7.90. The highest BCUT2D eigenvalue weighted by Crippen LogP contribution is 2.27. The summed E-state index contributed by atoms with van der Waals surface area (Å²) in [6, 6.07) is 6.69. The predicted molar refractivity (Wildman–Crippen MR) is 96.6 cm³/mol. The van der Waals surface area contributed by atoms with Crippen molar-refractivity contribution in [2.75, 3.05) is 11.9 Å². The molecular formula is C16H15N7O2S. The summed E-state index contributed by atoms with van der Waals surface area (Å²) in [5, 5.41) is 16.5. The van der Waals surface area contributed by atoms with E-state index in [1.807, 2.05) is 24.3 Å². The van der Waals surface area contributed by atoms with Crippen LogP contribution in [0.1, 0.15) is 5.56 Å². The summed E-state index contributed by atoms with van der Waals surface area (Å²) in [4.78, 5) is 31.7. The number of aromatic amines is 1. The van der Waals surface area contributed by atoms with Gasteiger partial charge in [-0.25, -0.2) is 14.8 Å². The summed E-state index contributed by atoms with van der Waals surface area (Å²) in [6.45, 7) is 0.286. The second-order valence-electron chi connectivity index (χ2n) is 5.70. The molecule has 1 aliphatic heterocycles. The van der Waals surface area contributed by atoms with E-state index in [-0.39, 0.29) is 18.5 Å². The lowest BCUT2D eigenvalue weighted by Crippen LogP contribution is -2.38. The lowest BCUT2D eigenvalue weighted by atomic mass is 10.2. The Morgan fingerprint density at radius 3 is 3.12 bits per heavy atom. The van der Waals surface area contributed by atoms with E-state index in [2.05, 4.69) is 36.1 Å².